The van der Waals surface area contributed by atoms with Crippen molar-refractivity contribution in [3.63, 3.8) is 0 Å². The van der Waals surface area contributed by atoms with Gasteiger partial charge >= 0.3 is 0 Å². The lowest BCUT2D eigenvalue weighted by Crippen LogP contribution is -2.32. The fourth-order valence-electron chi connectivity index (χ4n) is 3.83. The van der Waals surface area contributed by atoms with Crippen molar-refractivity contribution in [2.45, 2.75) is 45.6 Å². The fourth-order valence-corrected chi connectivity index (χ4v) is 3.83. The van der Waals surface area contributed by atoms with E-state index in [9.17, 15) is 5.11 Å². The normalized spacial score (nSPS) is 23.6. The molecule has 1 aliphatic carbocycles. The quantitative estimate of drug-likeness (QED) is 0.804. The number of aliphatic hydroxyl groups excluding tert-OH is 1. The van der Waals surface area contributed by atoms with Crippen molar-refractivity contribution in [1.29, 1.82) is 0 Å². The van der Waals surface area contributed by atoms with Crippen molar-refractivity contribution in [3.8, 4) is 0 Å². The van der Waals surface area contributed by atoms with Crippen LogP contribution in [0, 0.1) is 11.3 Å². The minimum Gasteiger partial charge on any atom is -0.388 e. The Morgan fingerprint density at radius 3 is 2.60 bits per heavy atom. The highest BCUT2D eigenvalue weighted by Crippen LogP contribution is 2.47. The van der Waals surface area contributed by atoms with Gasteiger partial charge in [-0.05, 0) is 40.5 Å². The van der Waals surface area contributed by atoms with Crippen molar-refractivity contribution < 1.29 is 5.11 Å². The van der Waals surface area contributed by atoms with Crippen LogP contribution in [-0.2, 0) is 0 Å². The topological polar surface area (TPSA) is 20.2 Å². The number of benzene rings is 2. The maximum Gasteiger partial charge on any atom is 0.0829 e. The Morgan fingerprint density at radius 1 is 1.05 bits per heavy atom. The SMILES string of the molecule is CC1(C)CCCCC1C(O)c1cccc2ccccc12. The molecule has 1 fully saturated rings. The Morgan fingerprint density at radius 2 is 1.80 bits per heavy atom. The van der Waals surface area contributed by atoms with Crippen LogP contribution in [0.4, 0.5) is 0 Å². The molecule has 0 bridgehead atoms. The summed E-state index contributed by atoms with van der Waals surface area (Å²) in [6.45, 7) is 4.62. The third kappa shape index (κ3) is 2.35. The average molecular weight is 268 g/mol. The molecule has 2 atom stereocenters. The average Bonchev–Trinajstić information content (AvgIpc) is 2.45. The summed E-state index contributed by atoms with van der Waals surface area (Å²) >= 11 is 0. The highest BCUT2D eigenvalue weighted by Gasteiger charge is 2.37. The predicted molar refractivity (Wildman–Crippen MR) is 84.6 cm³/mol. The van der Waals surface area contributed by atoms with E-state index in [0.717, 1.165) is 12.0 Å². The Balaban J connectivity index is 2.02. The van der Waals surface area contributed by atoms with Gasteiger partial charge in [-0.1, -0.05) is 69.2 Å². The zero-order valence-electron chi connectivity index (χ0n) is 12.5. The Bertz CT molecular complexity index is 594. The molecule has 106 valence electrons. The highest BCUT2D eigenvalue weighted by atomic mass is 16.3. The van der Waals surface area contributed by atoms with Crippen LogP contribution in [0.15, 0.2) is 42.5 Å². The van der Waals surface area contributed by atoms with Crippen LogP contribution < -0.4 is 0 Å². The molecule has 20 heavy (non-hydrogen) atoms. The molecule has 3 rings (SSSR count). The highest BCUT2D eigenvalue weighted by molar-refractivity contribution is 5.86. The lowest BCUT2D eigenvalue weighted by Gasteiger charge is -2.41. The number of aliphatic hydroxyl groups is 1. The van der Waals surface area contributed by atoms with Gasteiger partial charge < -0.3 is 5.11 Å². The van der Waals surface area contributed by atoms with E-state index in [4.69, 9.17) is 0 Å². The van der Waals surface area contributed by atoms with Gasteiger partial charge in [0.25, 0.3) is 0 Å². The van der Waals surface area contributed by atoms with Crippen LogP contribution in [0.2, 0.25) is 0 Å². The van der Waals surface area contributed by atoms with E-state index in [1.165, 1.54) is 30.0 Å². The molecule has 0 saturated heterocycles. The minimum atomic E-state index is -0.351. The molecule has 2 aromatic rings. The predicted octanol–water partition coefficient (Wildman–Crippen LogP) is 5.09. The van der Waals surface area contributed by atoms with Gasteiger partial charge in [-0.25, -0.2) is 0 Å². The van der Waals surface area contributed by atoms with Crippen molar-refractivity contribution in [2.24, 2.45) is 11.3 Å². The first-order valence-electron chi connectivity index (χ1n) is 7.75. The van der Waals surface area contributed by atoms with Crippen LogP contribution in [-0.4, -0.2) is 5.11 Å². The number of fused-ring (bicyclic) bond motifs is 1. The van der Waals surface area contributed by atoms with Gasteiger partial charge in [-0.15, -0.1) is 0 Å². The van der Waals surface area contributed by atoms with Gasteiger partial charge in [0.15, 0.2) is 0 Å². The summed E-state index contributed by atoms with van der Waals surface area (Å²) in [4.78, 5) is 0. The number of hydrogen-bond acceptors (Lipinski definition) is 1. The maximum atomic E-state index is 11.0. The third-order valence-corrected chi connectivity index (χ3v) is 5.11. The van der Waals surface area contributed by atoms with Crippen molar-refractivity contribution >= 4 is 10.8 Å². The Hall–Kier alpha value is -1.34. The van der Waals surface area contributed by atoms with Gasteiger partial charge in [-0.3, -0.25) is 0 Å². The van der Waals surface area contributed by atoms with Gasteiger partial charge in [0.1, 0.15) is 0 Å². The molecule has 1 heteroatoms. The molecule has 0 heterocycles. The summed E-state index contributed by atoms with van der Waals surface area (Å²) in [5.41, 5.74) is 1.33. The van der Waals surface area contributed by atoms with E-state index in [-0.39, 0.29) is 11.5 Å². The maximum absolute atomic E-state index is 11.0. The van der Waals surface area contributed by atoms with E-state index in [0.29, 0.717) is 5.92 Å². The molecule has 0 radical (unpaired) electrons. The van der Waals surface area contributed by atoms with Crippen LogP contribution >= 0.6 is 0 Å². The summed E-state index contributed by atoms with van der Waals surface area (Å²) in [6, 6.07) is 14.7. The number of rotatable bonds is 2. The summed E-state index contributed by atoms with van der Waals surface area (Å²) in [7, 11) is 0. The monoisotopic (exact) mass is 268 g/mol. The van der Waals surface area contributed by atoms with Gasteiger partial charge in [0.05, 0.1) is 6.10 Å². The van der Waals surface area contributed by atoms with E-state index >= 15 is 0 Å². The van der Waals surface area contributed by atoms with Crippen LogP contribution in [0.5, 0.6) is 0 Å². The molecule has 1 aliphatic rings. The van der Waals surface area contributed by atoms with Crippen molar-refractivity contribution in [3.05, 3.63) is 48.0 Å². The molecular weight excluding hydrogens is 244 g/mol. The first-order chi connectivity index (χ1) is 9.59. The zero-order valence-corrected chi connectivity index (χ0v) is 12.5. The molecule has 2 unspecified atom stereocenters. The minimum absolute atomic E-state index is 0.231. The summed E-state index contributed by atoms with van der Waals surface area (Å²) in [5, 5.41) is 13.4. The van der Waals surface area contributed by atoms with E-state index in [1.807, 2.05) is 0 Å². The summed E-state index contributed by atoms with van der Waals surface area (Å²) in [5.74, 6) is 0.363. The van der Waals surface area contributed by atoms with E-state index < -0.39 is 0 Å². The Kier molecular flexibility index (Phi) is 3.55. The second-order valence-corrected chi connectivity index (χ2v) is 6.85. The molecule has 2 aromatic carbocycles. The van der Waals surface area contributed by atoms with E-state index in [2.05, 4.69) is 56.3 Å². The van der Waals surface area contributed by atoms with Crippen molar-refractivity contribution in [2.75, 3.05) is 0 Å². The van der Waals surface area contributed by atoms with Crippen molar-refractivity contribution in [1.82, 2.24) is 0 Å². The second kappa shape index (κ2) is 5.21. The fraction of sp³-hybridized carbons (Fsp3) is 0.474. The molecule has 1 saturated carbocycles. The molecular formula is C19H24O. The summed E-state index contributed by atoms with van der Waals surface area (Å²) < 4.78 is 0. The molecule has 0 aromatic heterocycles. The zero-order chi connectivity index (χ0) is 14.2. The van der Waals surface area contributed by atoms with Gasteiger partial charge in [-0.2, -0.15) is 0 Å². The standard InChI is InChI=1S/C19H24O/c1-19(2)13-6-5-12-17(19)18(20)16-11-7-9-14-8-3-4-10-15(14)16/h3-4,7-11,17-18,20H,5-6,12-13H2,1-2H3. The van der Waals surface area contributed by atoms with Gasteiger partial charge in [0, 0.05) is 0 Å². The van der Waals surface area contributed by atoms with Crippen LogP contribution in [0.25, 0.3) is 10.8 Å². The molecule has 1 N–H and O–H groups in total. The lowest BCUT2D eigenvalue weighted by molar-refractivity contribution is 0.00468. The van der Waals surface area contributed by atoms with Crippen LogP contribution in [0.1, 0.15) is 51.2 Å². The first-order valence-corrected chi connectivity index (χ1v) is 7.75. The third-order valence-electron chi connectivity index (χ3n) is 5.11. The molecule has 0 aliphatic heterocycles. The molecule has 0 amide bonds. The lowest BCUT2D eigenvalue weighted by atomic mass is 9.65. The van der Waals surface area contributed by atoms with E-state index in [1.54, 1.807) is 0 Å². The molecule has 1 nitrogen and oxygen atoms in total. The van der Waals surface area contributed by atoms with Gasteiger partial charge in [0.2, 0.25) is 0 Å². The smallest absolute Gasteiger partial charge is 0.0829 e. The van der Waals surface area contributed by atoms with Crippen LogP contribution in [0.3, 0.4) is 0 Å². The number of hydrogen-bond donors (Lipinski definition) is 1. The summed E-state index contributed by atoms with van der Waals surface area (Å²) in [6.07, 6.45) is 4.55. The Labute approximate surface area is 121 Å². The molecule has 0 spiro atoms. The largest absolute Gasteiger partial charge is 0.388 e. The first kappa shape index (κ1) is 13.6. The second-order valence-electron chi connectivity index (χ2n) is 6.85.